The van der Waals surface area contributed by atoms with Gasteiger partial charge in [0.25, 0.3) is 5.91 Å². The van der Waals surface area contributed by atoms with Gasteiger partial charge in [0.2, 0.25) is 0 Å². The largest absolute Gasteiger partial charge is 0.493 e. The van der Waals surface area contributed by atoms with Gasteiger partial charge in [-0.15, -0.1) is 0 Å². The lowest BCUT2D eigenvalue weighted by atomic mass is 10.2. The lowest BCUT2D eigenvalue weighted by molar-refractivity contribution is -0.113. The average Bonchev–Trinajstić information content (AvgIpc) is 3.26. The molecule has 12 heteroatoms. The van der Waals surface area contributed by atoms with E-state index in [1.807, 2.05) is 22.6 Å². The van der Waals surface area contributed by atoms with Gasteiger partial charge in [0.15, 0.2) is 16.7 Å². The number of methoxy groups -OCH3 is 1. The molecule has 1 fully saturated rings. The maximum atomic E-state index is 13.7. The van der Waals surface area contributed by atoms with Crippen LogP contribution in [0.5, 0.6) is 11.5 Å². The highest BCUT2D eigenvalue weighted by molar-refractivity contribution is 14.1. The number of thioether (sulfide) groups is 1. The van der Waals surface area contributed by atoms with Crippen molar-refractivity contribution < 1.29 is 22.1 Å². The number of carbonyl (C=O) groups excluding carboxylic acids is 1. The maximum absolute atomic E-state index is 13.7. The Balaban J connectivity index is 1.52. The first kappa shape index (κ1) is 29.5. The second-order valence-electron chi connectivity index (χ2n) is 8.48. The summed E-state index contributed by atoms with van der Waals surface area (Å²) in [5.74, 6) is -0.0356. The molecule has 0 spiro atoms. The summed E-state index contributed by atoms with van der Waals surface area (Å²) in [5.41, 5.74) is 1.84. The lowest BCUT2D eigenvalue weighted by Gasteiger charge is -2.15. The fourth-order valence-electron chi connectivity index (χ4n) is 3.79. The molecule has 1 aliphatic heterocycles. The van der Waals surface area contributed by atoms with Crippen LogP contribution in [0.25, 0.3) is 6.08 Å². The number of hydrogen-bond acceptors (Lipinski definition) is 7. The SMILES string of the molecule is COc1cc(/C=C2\SC(=Nc3ccc(Cl)cc3)N(c3ccc(Cl)cc3)C2=O)cc(I)c1OS(=O)(=O)c1ccccc1. The third-order valence-corrected chi connectivity index (χ3v) is 9.23. The van der Waals surface area contributed by atoms with Crippen LogP contribution in [0.3, 0.4) is 0 Å². The minimum Gasteiger partial charge on any atom is -0.493 e. The van der Waals surface area contributed by atoms with Crippen LogP contribution in [0.2, 0.25) is 10.0 Å². The third kappa shape index (κ3) is 6.73. The molecular formula is C29H19Cl2IN2O5S2. The highest BCUT2D eigenvalue weighted by atomic mass is 127. The van der Waals surface area contributed by atoms with Crippen LogP contribution in [0.15, 0.2) is 106 Å². The summed E-state index contributed by atoms with van der Waals surface area (Å²) >= 11 is 15.3. The maximum Gasteiger partial charge on any atom is 0.339 e. The minimum absolute atomic E-state index is 0.0202. The van der Waals surface area contributed by atoms with Crippen molar-refractivity contribution in [1.82, 2.24) is 0 Å². The highest BCUT2D eigenvalue weighted by Gasteiger charge is 2.35. The molecule has 0 aliphatic carbocycles. The van der Waals surface area contributed by atoms with E-state index in [2.05, 4.69) is 0 Å². The molecule has 1 heterocycles. The molecule has 208 valence electrons. The molecule has 0 N–H and O–H groups in total. The van der Waals surface area contributed by atoms with E-state index in [0.29, 0.717) is 40.6 Å². The number of carbonyl (C=O) groups is 1. The summed E-state index contributed by atoms with van der Waals surface area (Å²) in [5, 5.41) is 1.56. The van der Waals surface area contributed by atoms with Crippen molar-refractivity contribution in [1.29, 1.82) is 0 Å². The Morgan fingerprint density at radius 2 is 1.56 bits per heavy atom. The van der Waals surface area contributed by atoms with Gasteiger partial charge in [0.05, 0.1) is 27.0 Å². The molecule has 1 saturated heterocycles. The number of rotatable bonds is 7. The van der Waals surface area contributed by atoms with Crippen molar-refractivity contribution in [2.75, 3.05) is 12.0 Å². The molecule has 0 bridgehead atoms. The standard InChI is InChI=1S/C29H19Cl2IN2O5S2/c1-38-25-16-18(15-24(32)27(25)39-41(36,37)23-5-3-2-4-6-23)17-26-28(35)34(22-13-9-20(31)10-14-22)29(40-26)33-21-11-7-19(30)8-12-21/h2-17H,1H3/b26-17-,33-29?. The predicted molar refractivity (Wildman–Crippen MR) is 173 cm³/mol. The molecule has 5 rings (SSSR count). The quantitative estimate of drug-likeness (QED) is 0.108. The van der Waals surface area contributed by atoms with Crippen molar-refractivity contribution >= 4 is 96.2 Å². The van der Waals surface area contributed by atoms with Crippen LogP contribution in [0, 0.1) is 3.57 Å². The summed E-state index contributed by atoms with van der Waals surface area (Å²) in [6.07, 6.45) is 1.69. The van der Waals surface area contributed by atoms with Crippen LogP contribution in [-0.2, 0) is 14.9 Å². The van der Waals surface area contributed by atoms with Crippen LogP contribution in [0.4, 0.5) is 11.4 Å². The third-order valence-electron chi connectivity index (χ3n) is 5.72. The van der Waals surface area contributed by atoms with Gasteiger partial charge in [-0.25, -0.2) is 4.99 Å². The van der Waals surface area contributed by atoms with E-state index in [9.17, 15) is 13.2 Å². The molecule has 0 unspecified atom stereocenters. The highest BCUT2D eigenvalue weighted by Crippen LogP contribution is 2.40. The Bertz CT molecular complexity index is 1780. The van der Waals surface area contributed by atoms with Crippen molar-refractivity contribution in [3.05, 3.63) is 115 Å². The Hall–Kier alpha value is -3.03. The van der Waals surface area contributed by atoms with E-state index in [-0.39, 0.29) is 22.3 Å². The number of amidine groups is 1. The number of hydrogen-bond donors (Lipinski definition) is 0. The van der Waals surface area contributed by atoms with Crippen LogP contribution >= 0.6 is 57.6 Å². The number of benzene rings is 4. The minimum atomic E-state index is -4.09. The van der Waals surface area contributed by atoms with Gasteiger partial charge < -0.3 is 8.92 Å². The van der Waals surface area contributed by atoms with Gasteiger partial charge in [-0.05, 0) is 119 Å². The molecule has 0 radical (unpaired) electrons. The lowest BCUT2D eigenvalue weighted by Crippen LogP contribution is -2.28. The number of ether oxygens (including phenoxy) is 1. The molecule has 1 aliphatic rings. The predicted octanol–water partition coefficient (Wildman–Crippen LogP) is 8.18. The summed E-state index contributed by atoms with van der Waals surface area (Å²) in [6, 6.07) is 25.0. The molecule has 0 aromatic heterocycles. The van der Waals surface area contributed by atoms with E-state index in [0.717, 1.165) is 0 Å². The van der Waals surface area contributed by atoms with Gasteiger partial charge in [0, 0.05) is 10.0 Å². The fraction of sp³-hybridized carbons (Fsp3) is 0.0345. The van der Waals surface area contributed by atoms with Crippen molar-refractivity contribution in [2.24, 2.45) is 4.99 Å². The van der Waals surface area contributed by atoms with E-state index >= 15 is 0 Å². The number of aliphatic imine (C=N–C) groups is 1. The summed E-state index contributed by atoms with van der Waals surface area (Å²) in [6.45, 7) is 0. The van der Waals surface area contributed by atoms with E-state index in [1.54, 1.807) is 84.9 Å². The summed E-state index contributed by atoms with van der Waals surface area (Å²) < 4.78 is 37.1. The molecular weight excluding hydrogens is 718 g/mol. The van der Waals surface area contributed by atoms with Gasteiger partial charge in [0.1, 0.15) is 4.90 Å². The zero-order valence-electron chi connectivity index (χ0n) is 21.1. The zero-order valence-corrected chi connectivity index (χ0v) is 26.4. The Morgan fingerprint density at radius 3 is 2.20 bits per heavy atom. The van der Waals surface area contributed by atoms with Crippen LogP contribution in [-0.4, -0.2) is 26.6 Å². The van der Waals surface area contributed by atoms with E-state index in [4.69, 9.17) is 37.1 Å². The van der Waals surface area contributed by atoms with Crippen LogP contribution < -0.4 is 13.8 Å². The number of anilines is 1. The molecule has 0 atom stereocenters. The van der Waals surface area contributed by atoms with E-state index < -0.39 is 10.1 Å². The number of amides is 1. The van der Waals surface area contributed by atoms with Gasteiger partial charge in [-0.3, -0.25) is 9.69 Å². The second-order valence-corrected chi connectivity index (χ2v) is 13.1. The first-order chi connectivity index (χ1) is 19.6. The number of nitrogens with zero attached hydrogens (tertiary/aromatic N) is 2. The van der Waals surface area contributed by atoms with Gasteiger partial charge in [-0.1, -0.05) is 41.4 Å². The van der Waals surface area contributed by atoms with Crippen molar-refractivity contribution in [2.45, 2.75) is 4.90 Å². The number of halogens is 3. The van der Waals surface area contributed by atoms with Gasteiger partial charge in [-0.2, -0.15) is 8.42 Å². The normalized spacial score (nSPS) is 15.5. The molecule has 4 aromatic rings. The van der Waals surface area contributed by atoms with Crippen molar-refractivity contribution in [3.8, 4) is 11.5 Å². The molecule has 7 nitrogen and oxygen atoms in total. The Morgan fingerprint density at radius 1 is 0.927 bits per heavy atom. The Kier molecular flexibility index (Phi) is 8.95. The molecule has 0 saturated carbocycles. The first-order valence-corrected chi connectivity index (χ1v) is 15.9. The Labute approximate surface area is 265 Å². The topological polar surface area (TPSA) is 85.3 Å². The van der Waals surface area contributed by atoms with Crippen LogP contribution in [0.1, 0.15) is 5.56 Å². The molecule has 1 amide bonds. The fourth-order valence-corrected chi connectivity index (χ4v) is 6.91. The summed E-state index contributed by atoms with van der Waals surface area (Å²) in [7, 11) is -2.68. The smallest absolute Gasteiger partial charge is 0.339 e. The summed E-state index contributed by atoms with van der Waals surface area (Å²) in [4.78, 5) is 20.3. The van der Waals surface area contributed by atoms with Gasteiger partial charge >= 0.3 is 10.1 Å². The van der Waals surface area contributed by atoms with Crippen molar-refractivity contribution in [3.63, 3.8) is 0 Å². The average molecular weight is 737 g/mol. The monoisotopic (exact) mass is 736 g/mol. The zero-order chi connectivity index (χ0) is 29.1. The first-order valence-electron chi connectivity index (χ1n) is 11.9. The molecule has 4 aromatic carbocycles. The second kappa shape index (κ2) is 12.5. The van der Waals surface area contributed by atoms with E-state index in [1.165, 1.54) is 35.9 Å². The molecule has 41 heavy (non-hydrogen) atoms.